The van der Waals surface area contributed by atoms with Crippen molar-refractivity contribution in [3.63, 3.8) is 0 Å². The molecule has 0 saturated carbocycles. The lowest BCUT2D eigenvalue weighted by Gasteiger charge is -2.20. The van der Waals surface area contributed by atoms with Gasteiger partial charge in [-0.05, 0) is 37.1 Å². The first-order chi connectivity index (χ1) is 14.6. The SMILES string of the molecule is CCCCCN(C)c1c(C#N)ccc2c1oc1c(-c3cccc[n+]3C)c(C)ccc12. The number of rotatable bonds is 6. The minimum Gasteiger partial charge on any atom is -0.453 e. The largest absolute Gasteiger partial charge is 0.453 e. The van der Waals surface area contributed by atoms with Crippen LogP contribution in [0.4, 0.5) is 5.69 Å². The molecule has 4 rings (SSSR count). The van der Waals surface area contributed by atoms with E-state index in [1.165, 1.54) is 18.4 Å². The molecule has 0 spiro atoms. The van der Waals surface area contributed by atoms with Crippen molar-refractivity contribution in [3.8, 4) is 17.3 Å². The summed E-state index contributed by atoms with van der Waals surface area (Å²) in [5, 5.41) is 11.9. The van der Waals surface area contributed by atoms with Gasteiger partial charge in [-0.1, -0.05) is 31.9 Å². The van der Waals surface area contributed by atoms with Crippen molar-refractivity contribution in [2.45, 2.75) is 33.1 Å². The zero-order chi connectivity index (χ0) is 21.3. The third-order valence-electron chi connectivity index (χ3n) is 5.90. The second-order valence-electron chi connectivity index (χ2n) is 8.01. The van der Waals surface area contributed by atoms with Crippen molar-refractivity contribution in [2.75, 3.05) is 18.5 Å². The van der Waals surface area contributed by atoms with Gasteiger partial charge in [0.25, 0.3) is 0 Å². The Kier molecular flexibility index (Phi) is 5.46. The number of hydrogen-bond acceptors (Lipinski definition) is 3. The van der Waals surface area contributed by atoms with E-state index >= 15 is 0 Å². The first-order valence-corrected chi connectivity index (χ1v) is 10.6. The number of furan rings is 1. The molecule has 2 aromatic heterocycles. The molecule has 0 saturated heterocycles. The number of pyridine rings is 1. The van der Waals surface area contributed by atoms with Gasteiger partial charge in [-0.2, -0.15) is 5.26 Å². The summed E-state index contributed by atoms with van der Waals surface area (Å²) >= 11 is 0. The quantitative estimate of drug-likeness (QED) is 0.301. The standard InChI is InChI=1S/C26H28N3O/c1-5-6-8-16-29(4)24-19(17-27)12-14-21-20-13-11-18(2)23(25(20)30-26(21)24)22-10-7-9-15-28(22)3/h7,9-15H,5-6,8,16H2,1-4H3/q+1. The minimum atomic E-state index is 0.657. The predicted octanol–water partition coefficient (Wildman–Crippen LogP) is 5.88. The van der Waals surface area contributed by atoms with E-state index in [0.29, 0.717) is 5.56 Å². The molecule has 0 unspecified atom stereocenters. The Morgan fingerprint density at radius 2 is 1.80 bits per heavy atom. The van der Waals surface area contributed by atoms with Crippen LogP contribution in [0.25, 0.3) is 33.2 Å². The average molecular weight is 399 g/mol. The van der Waals surface area contributed by atoms with Gasteiger partial charge >= 0.3 is 0 Å². The van der Waals surface area contributed by atoms with Gasteiger partial charge in [0.1, 0.15) is 18.7 Å². The van der Waals surface area contributed by atoms with E-state index in [4.69, 9.17) is 4.42 Å². The van der Waals surface area contributed by atoms with E-state index in [9.17, 15) is 5.26 Å². The third-order valence-corrected chi connectivity index (χ3v) is 5.90. The molecule has 0 aliphatic carbocycles. The first kappa shape index (κ1) is 20.0. The lowest BCUT2D eigenvalue weighted by atomic mass is 10.00. The van der Waals surface area contributed by atoms with Gasteiger partial charge in [-0.3, -0.25) is 0 Å². The summed E-state index contributed by atoms with van der Waals surface area (Å²) in [5.41, 5.74) is 6.61. The maximum atomic E-state index is 9.76. The van der Waals surface area contributed by atoms with Crippen molar-refractivity contribution in [1.29, 1.82) is 5.26 Å². The number of nitrogens with zero attached hydrogens (tertiary/aromatic N) is 3. The Labute approximate surface area is 178 Å². The van der Waals surface area contributed by atoms with Crippen LogP contribution in [0.1, 0.15) is 37.3 Å². The monoisotopic (exact) mass is 398 g/mol. The van der Waals surface area contributed by atoms with Gasteiger partial charge in [-0.25, -0.2) is 4.57 Å². The molecule has 0 aliphatic heterocycles. The summed E-state index contributed by atoms with van der Waals surface area (Å²) < 4.78 is 8.69. The fourth-order valence-corrected chi connectivity index (χ4v) is 4.27. The molecule has 0 radical (unpaired) electrons. The summed E-state index contributed by atoms with van der Waals surface area (Å²) in [6.07, 6.45) is 5.50. The van der Waals surface area contributed by atoms with E-state index in [1.807, 2.05) is 18.2 Å². The van der Waals surface area contributed by atoms with Gasteiger partial charge in [0.2, 0.25) is 5.69 Å². The van der Waals surface area contributed by atoms with Crippen molar-refractivity contribution in [3.05, 3.63) is 59.8 Å². The molecule has 4 aromatic rings. The molecule has 2 heterocycles. The highest BCUT2D eigenvalue weighted by Crippen LogP contribution is 2.41. The van der Waals surface area contributed by atoms with Crippen molar-refractivity contribution in [2.24, 2.45) is 7.05 Å². The number of benzene rings is 2. The topological polar surface area (TPSA) is 44.1 Å². The van der Waals surface area contributed by atoms with E-state index in [-0.39, 0.29) is 0 Å². The Balaban J connectivity index is 2.00. The van der Waals surface area contributed by atoms with Crippen LogP contribution in [0.3, 0.4) is 0 Å². The van der Waals surface area contributed by atoms with Gasteiger partial charge in [0.05, 0.1) is 16.8 Å². The van der Waals surface area contributed by atoms with Crippen LogP contribution < -0.4 is 9.47 Å². The van der Waals surface area contributed by atoms with Gasteiger partial charge in [0, 0.05) is 36.5 Å². The predicted molar refractivity (Wildman–Crippen MR) is 123 cm³/mol. The Morgan fingerprint density at radius 3 is 2.53 bits per heavy atom. The van der Waals surface area contributed by atoms with Crippen LogP contribution in [0, 0.1) is 18.3 Å². The van der Waals surface area contributed by atoms with Crippen molar-refractivity contribution >= 4 is 27.6 Å². The number of unbranched alkanes of at least 4 members (excludes halogenated alkanes) is 2. The highest BCUT2D eigenvalue weighted by atomic mass is 16.3. The second kappa shape index (κ2) is 8.20. The van der Waals surface area contributed by atoms with E-state index in [1.54, 1.807) is 0 Å². The summed E-state index contributed by atoms with van der Waals surface area (Å²) in [7, 11) is 4.11. The molecule has 0 aliphatic rings. The summed E-state index contributed by atoms with van der Waals surface area (Å²) in [6, 6.07) is 16.8. The number of nitriles is 1. The van der Waals surface area contributed by atoms with Crippen LogP contribution in [0.5, 0.6) is 0 Å². The summed E-state index contributed by atoms with van der Waals surface area (Å²) in [5.74, 6) is 0. The Bertz CT molecular complexity index is 1260. The zero-order valence-corrected chi connectivity index (χ0v) is 18.2. The maximum absolute atomic E-state index is 9.76. The fourth-order valence-electron chi connectivity index (χ4n) is 4.27. The minimum absolute atomic E-state index is 0.657. The first-order valence-electron chi connectivity index (χ1n) is 10.6. The Morgan fingerprint density at radius 1 is 1.03 bits per heavy atom. The highest BCUT2D eigenvalue weighted by molar-refractivity contribution is 6.13. The molecule has 0 N–H and O–H groups in total. The summed E-state index contributed by atoms with van der Waals surface area (Å²) in [6.45, 7) is 5.22. The van der Waals surface area contributed by atoms with E-state index in [0.717, 1.165) is 51.8 Å². The van der Waals surface area contributed by atoms with E-state index in [2.05, 4.69) is 73.9 Å². The number of anilines is 1. The second-order valence-corrected chi connectivity index (χ2v) is 8.01. The molecule has 152 valence electrons. The normalized spacial score (nSPS) is 11.2. The molecular weight excluding hydrogens is 370 g/mol. The molecule has 0 amide bonds. The van der Waals surface area contributed by atoms with Gasteiger partial charge in [0.15, 0.2) is 11.8 Å². The number of aromatic nitrogens is 1. The van der Waals surface area contributed by atoms with E-state index < -0.39 is 0 Å². The molecule has 30 heavy (non-hydrogen) atoms. The van der Waals surface area contributed by atoms with Crippen LogP contribution in [-0.2, 0) is 7.05 Å². The van der Waals surface area contributed by atoms with Gasteiger partial charge < -0.3 is 9.32 Å². The third kappa shape index (κ3) is 3.31. The van der Waals surface area contributed by atoms with Crippen LogP contribution >= 0.6 is 0 Å². The lowest BCUT2D eigenvalue weighted by molar-refractivity contribution is -0.660. The molecule has 0 atom stereocenters. The molecular formula is C26H28N3O+. The lowest BCUT2D eigenvalue weighted by Crippen LogP contribution is -2.30. The van der Waals surface area contributed by atoms with Gasteiger partial charge in [-0.15, -0.1) is 0 Å². The van der Waals surface area contributed by atoms with Crippen LogP contribution in [-0.4, -0.2) is 13.6 Å². The fraction of sp³-hybridized carbons (Fsp3) is 0.308. The number of fused-ring (bicyclic) bond motifs is 3. The molecule has 4 nitrogen and oxygen atoms in total. The smallest absolute Gasteiger partial charge is 0.216 e. The molecule has 0 fully saturated rings. The summed E-state index contributed by atoms with van der Waals surface area (Å²) in [4.78, 5) is 2.17. The van der Waals surface area contributed by atoms with Crippen LogP contribution in [0.15, 0.2) is 53.1 Å². The molecule has 4 heteroatoms. The molecule has 0 bridgehead atoms. The maximum Gasteiger partial charge on any atom is 0.216 e. The highest BCUT2D eigenvalue weighted by Gasteiger charge is 2.23. The van der Waals surface area contributed by atoms with Crippen molar-refractivity contribution in [1.82, 2.24) is 0 Å². The zero-order valence-electron chi connectivity index (χ0n) is 18.2. The Hall–Kier alpha value is -3.32. The molecule has 2 aromatic carbocycles. The average Bonchev–Trinajstić information content (AvgIpc) is 3.12. The van der Waals surface area contributed by atoms with Crippen LogP contribution in [0.2, 0.25) is 0 Å². The number of aryl methyl sites for hydroxylation is 2. The number of hydrogen-bond donors (Lipinski definition) is 0. The van der Waals surface area contributed by atoms with Crippen molar-refractivity contribution < 1.29 is 8.98 Å².